The van der Waals surface area contributed by atoms with Crippen molar-refractivity contribution in [2.45, 2.75) is 37.3 Å². The first kappa shape index (κ1) is 15.6. The number of rotatable bonds is 3. The quantitative estimate of drug-likeness (QED) is 0.792. The maximum Gasteiger partial charge on any atom is 0.330 e. The fourth-order valence-electron chi connectivity index (χ4n) is 2.88. The number of fused-ring (bicyclic) bond motifs is 1. The smallest absolute Gasteiger partial charge is 0.330 e. The molecule has 0 N–H and O–H groups in total. The number of carbonyl (C=O) groups excluding carboxylic acids is 2. The topological polar surface area (TPSA) is 46.6 Å². The van der Waals surface area contributed by atoms with E-state index >= 15 is 0 Å². The Morgan fingerprint density at radius 3 is 3.09 bits per heavy atom. The zero-order valence-corrected chi connectivity index (χ0v) is 13.5. The Labute approximate surface area is 136 Å². The van der Waals surface area contributed by atoms with E-state index in [4.69, 9.17) is 16.3 Å². The number of hydrogen-bond donors (Lipinski definition) is 0. The van der Waals surface area contributed by atoms with Crippen LogP contribution in [0.1, 0.15) is 25.3 Å². The molecule has 1 aromatic carbocycles. The van der Waals surface area contributed by atoms with Crippen molar-refractivity contribution in [3.63, 3.8) is 0 Å². The van der Waals surface area contributed by atoms with Gasteiger partial charge >= 0.3 is 5.97 Å². The first-order chi connectivity index (χ1) is 10.4. The molecular weight excluding hydrogens is 329 g/mol. The fraction of sp³-hybridized carbons (Fsp3) is 0.467. The summed E-state index contributed by atoms with van der Waals surface area (Å²) in [6, 6.07) is 3.38. The standard InChI is InChI=1S/C15H15ClFNO3S/c1-15-5-4-13(19)18(15)12(8-22-15)14(20)21-7-9-2-3-10(17)6-11(9)16/h2-3,6,12H,4-5,7-8H2,1H3. The molecule has 2 saturated heterocycles. The van der Waals surface area contributed by atoms with Crippen molar-refractivity contribution in [1.29, 1.82) is 0 Å². The summed E-state index contributed by atoms with van der Waals surface area (Å²) < 4.78 is 18.3. The van der Waals surface area contributed by atoms with Crippen LogP contribution in [0.4, 0.5) is 4.39 Å². The SMILES string of the molecule is CC12CCC(=O)N1C(C(=O)OCc1ccc(F)cc1Cl)CS2. The van der Waals surface area contributed by atoms with Crippen LogP contribution < -0.4 is 0 Å². The first-order valence-electron chi connectivity index (χ1n) is 6.97. The minimum absolute atomic E-state index is 0.00531. The maximum atomic E-state index is 13.0. The average Bonchev–Trinajstić information content (AvgIpc) is 2.95. The number of halogens is 2. The van der Waals surface area contributed by atoms with E-state index in [0.717, 1.165) is 6.42 Å². The molecule has 2 unspecified atom stereocenters. The van der Waals surface area contributed by atoms with Crippen molar-refractivity contribution in [2.24, 2.45) is 0 Å². The highest BCUT2D eigenvalue weighted by atomic mass is 35.5. The second kappa shape index (κ2) is 5.74. The number of amides is 1. The number of carbonyl (C=O) groups is 2. The summed E-state index contributed by atoms with van der Waals surface area (Å²) in [5.41, 5.74) is 0.539. The maximum absolute atomic E-state index is 13.0. The molecule has 0 bridgehead atoms. The predicted octanol–water partition coefficient (Wildman–Crippen LogP) is 2.98. The Bertz CT molecular complexity index is 641. The second-order valence-corrected chi connectivity index (χ2v) is 7.52. The highest BCUT2D eigenvalue weighted by molar-refractivity contribution is 8.01. The molecule has 118 valence electrons. The third kappa shape index (κ3) is 2.70. The van der Waals surface area contributed by atoms with E-state index in [-0.39, 0.29) is 22.4 Å². The zero-order valence-electron chi connectivity index (χ0n) is 12.0. The van der Waals surface area contributed by atoms with E-state index in [2.05, 4.69) is 0 Å². The van der Waals surface area contributed by atoms with Crippen LogP contribution in [0.2, 0.25) is 5.02 Å². The summed E-state index contributed by atoms with van der Waals surface area (Å²) in [6.07, 6.45) is 1.22. The van der Waals surface area contributed by atoms with Crippen molar-refractivity contribution in [2.75, 3.05) is 5.75 Å². The summed E-state index contributed by atoms with van der Waals surface area (Å²) in [5, 5.41) is 0.218. The molecule has 2 fully saturated rings. The van der Waals surface area contributed by atoms with Crippen molar-refractivity contribution in [3.8, 4) is 0 Å². The van der Waals surface area contributed by atoms with E-state index in [9.17, 15) is 14.0 Å². The molecule has 2 aliphatic rings. The lowest BCUT2D eigenvalue weighted by Crippen LogP contribution is -2.46. The second-order valence-electron chi connectivity index (χ2n) is 5.61. The average molecular weight is 344 g/mol. The van der Waals surface area contributed by atoms with Gasteiger partial charge in [-0.25, -0.2) is 9.18 Å². The van der Waals surface area contributed by atoms with Gasteiger partial charge in [0.2, 0.25) is 5.91 Å². The van der Waals surface area contributed by atoms with Gasteiger partial charge < -0.3 is 9.64 Å². The van der Waals surface area contributed by atoms with E-state index in [1.54, 1.807) is 16.7 Å². The highest BCUT2D eigenvalue weighted by Gasteiger charge is 2.53. The van der Waals surface area contributed by atoms with Gasteiger partial charge in [-0.05, 0) is 25.5 Å². The molecule has 2 heterocycles. The van der Waals surface area contributed by atoms with Gasteiger partial charge in [-0.15, -0.1) is 11.8 Å². The minimum Gasteiger partial charge on any atom is -0.459 e. The molecule has 3 rings (SSSR count). The normalized spacial score (nSPS) is 27.1. The van der Waals surface area contributed by atoms with Crippen molar-refractivity contribution in [3.05, 3.63) is 34.6 Å². The Balaban J connectivity index is 1.66. The lowest BCUT2D eigenvalue weighted by Gasteiger charge is -2.29. The Morgan fingerprint density at radius 2 is 2.36 bits per heavy atom. The molecule has 22 heavy (non-hydrogen) atoms. The summed E-state index contributed by atoms with van der Waals surface area (Å²) in [4.78, 5) is 25.6. The van der Waals surface area contributed by atoms with Crippen molar-refractivity contribution in [1.82, 2.24) is 4.90 Å². The van der Waals surface area contributed by atoms with Crippen LogP contribution >= 0.6 is 23.4 Å². The molecule has 2 atom stereocenters. The summed E-state index contributed by atoms with van der Waals surface area (Å²) in [7, 11) is 0. The van der Waals surface area contributed by atoms with Crippen molar-refractivity contribution < 1.29 is 18.7 Å². The third-order valence-corrected chi connectivity index (χ3v) is 5.96. The summed E-state index contributed by atoms with van der Waals surface area (Å²) in [6.45, 7) is 1.95. The van der Waals surface area contributed by atoms with Crippen LogP contribution in [0, 0.1) is 5.82 Å². The van der Waals surface area contributed by atoms with Gasteiger partial charge in [0.05, 0.1) is 9.89 Å². The molecule has 0 radical (unpaired) electrons. The van der Waals surface area contributed by atoms with E-state index in [1.165, 1.54) is 18.2 Å². The van der Waals surface area contributed by atoms with Gasteiger partial charge in [-0.1, -0.05) is 17.7 Å². The van der Waals surface area contributed by atoms with Crippen LogP contribution in [0.25, 0.3) is 0 Å². The molecule has 0 spiro atoms. The number of esters is 1. The number of hydrogen-bond acceptors (Lipinski definition) is 4. The van der Waals surface area contributed by atoms with Gasteiger partial charge in [0.15, 0.2) is 0 Å². The van der Waals surface area contributed by atoms with Gasteiger partial charge in [0.25, 0.3) is 0 Å². The lowest BCUT2D eigenvalue weighted by atomic mass is 10.2. The molecular formula is C15H15ClFNO3S. The van der Waals surface area contributed by atoms with Crippen LogP contribution in [0.15, 0.2) is 18.2 Å². The van der Waals surface area contributed by atoms with E-state index in [0.29, 0.717) is 17.7 Å². The van der Waals surface area contributed by atoms with Crippen LogP contribution in [0.5, 0.6) is 0 Å². The molecule has 0 aromatic heterocycles. The molecule has 1 amide bonds. The number of ether oxygens (including phenoxy) is 1. The van der Waals surface area contributed by atoms with E-state index in [1.807, 2.05) is 6.92 Å². The van der Waals surface area contributed by atoms with E-state index < -0.39 is 17.8 Å². The minimum atomic E-state index is -0.552. The fourth-order valence-corrected chi connectivity index (χ4v) is 4.52. The Kier molecular flexibility index (Phi) is 4.07. The Hall–Kier alpha value is -1.27. The summed E-state index contributed by atoms with van der Waals surface area (Å²) >= 11 is 7.52. The molecule has 1 aromatic rings. The number of nitrogens with zero attached hydrogens (tertiary/aromatic N) is 1. The van der Waals surface area contributed by atoms with Crippen molar-refractivity contribution >= 4 is 35.2 Å². The highest BCUT2D eigenvalue weighted by Crippen LogP contribution is 2.47. The van der Waals surface area contributed by atoms with Crippen LogP contribution in [0.3, 0.4) is 0 Å². The van der Waals surface area contributed by atoms with Gasteiger partial charge in [0, 0.05) is 17.7 Å². The van der Waals surface area contributed by atoms with Gasteiger partial charge in [-0.2, -0.15) is 0 Å². The summed E-state index contributed by atoms with van der Waals surface area (Å²) in [5.74, 6) is -0.343. The first-order valence-corrected chi connectivity index (χ1v) is 8.34. The number of benzene rings is 1. The molecule has 0 saturated carbocycles. The van der Waals surface area contributed by atoms with Gasteiger partial charge in [-0.3, -0.25) is 4.79 Å². The monoisotopic (exact) mass is 343 g/mol. The number of thioether (sulfide) groups is 1. The lowest BCUT2D eigenvalue weighted by molar-refractivity contribution is -0.154. The zero-order chi connectivity index (χ0) is 15.9. The van der Waals surface area contributed by atoms with Gasteiger partial charge in [0.1, 0.15) is 18.5 Å². The predicted molar refractivity (Wildman–Crippen MR) is 81.9 cm³/mol. The van der Waals surface area contributed by atoms with Crippen LogP contribution in [-0.2, 0) is 20.9 Å². The van der Waals surface area contributed by atoms with Crippen LogP contribution in [-0.4, -0.2) is 33.4 Å². The molecule has 4 nitrogen and oxygen atoms in total. The third-order valence-electron chi connectivity index (χ3n) is 4.10. The Morgan fingerprint density at radius 1 is 1.59 bits per heavy atom. The largest absolute Gasteiger partial charge is 0.459 e. The molecule has 2 aliphatic heterocycles. The molecule has 0 aliphatic carbocycles. The molecule has 7 heteroatoms.